The molecule has 0 saturated carbocycles. The van der Waals surface area contributed by atoms with Crippen molar-refractivity contribution in [3.8, 4) is 0 Å². The highest BCUT2D eigenvalue weighted by molar-refractivity contribution is 7.36. The van der Waals surface area contributed by atoms with E-state index in [-0.39, 0.29) is 0 Å². The van der Waals surface area contributed by atoms with E-state index in [0.717, 1.165) is 0 Å². The van der Waals surface area contributed by atoms with Crippen LogP contribution in [0.25, 0.3) is 29.6 Å². The Morgan fingerprint density at radius 2 is 0.806 bits per heavy atom. The van der Waals surface area contributed by atoms with Crippen molar-refractivity contribution in [1.82, 2.24) is 0 Å². The molecular formula is C34H48S2. The van der Waals surface area contributed by atoms with Gasteiger partial charge in [0.15, 0.2) is 0 Å². The fourth-order valence-electron chi connectivity index (χ4n) is 5.58. The predicted molar refractivity (Wildman–Crippen MR) is 167 cm³/mol. The van der Waals surface area contributed by atoms with E-state index in [2.05, 4.69) is 50.2 Å². The average molecular weight is 521 g/mol. The summed E-state index contributed by atoms with van der Waals surface area (Å²) in [7, 11) is 0. The van der Waals surface area contributed by atoms with Crippen LogP contribution in [0, 0.1) is 0 Å². The van der Waals surface area contributed by atoms with Crippen LogP contribution < -0.4 is 0 Å². The number of unbranched alkanes of at least 4 members (excludes halogenated alkanes) is 14. The normalized spacial score (nSPS) is 11.9. The summed E-state index contributed by atoms with van der Waals surface area (Å²) >= 11 is 4.03. The van der Waals surface area contributed by atoms with Crippen molar-refractivity contribution in [2.45, 2.75) is 129 Å². The van der Waals surface area contributed by atoms with Crippen molar-refractivity contribution in [3.63, 3.8) is 0 Å². The molecule has 4 aromatic rings. The van der Waals surface area contributed by atoms with Crippen LogP contribution in [-0.4, -0.2) is 0 Å². The van der Waals surface area contributed by atoms with Crippen LogP contribution in [0.3, 0.4) is 0 Å². The van der Waals surface area contributed by atoms with Crippen LogP contribution in [0.15, 0.2) is 36.4 Å². The van der Waals surface area contributed by atoms with Crippen molar-refractivity contribution in [3.05, 3.63) is 47.5 Å². The van der Waals surface area contributed by atoms with Gasteiger partial charge in [-0.05, 0) is 48.9 Å². The molecular weight excluding hydrogens is 473 g/mol. The van der Waals surface area contributed by atoms with Crippen LogP contribution in [0.2, 0.25) is 0 Å². The van der Waals surface area contributed by atoms with Crippen molar-refractivity contribution < 1.29 is 0 Å². The molecule has 0 saturated heterocycles. The summed E-state index contributed by atoms with van der Waals surface area (Å²) in [5.41, 5.74) is 3.05. The lowest BCUT2D eigenvalue weighted by atomic mass is 10.0. The van der Waals surface area contributed by atoms with Crippen LogP contribution in [0.4, 0.5) is 0 Å². The van der Waals surface area contributed by atoms with E-state index in [9.17, 15) is 0 Å². The first kappa shape index (κ1) is 27.6. The third kappa shape index (κ3) is 7.81. The number of rotatable bonds is 18. The first-order valence-corrected chi connectivity index (χ1v) is 16.8. The van der Waals surface area contributed by atoms with E-state index in [1.165, 1.54) is 156 Å². The van der Waals surface area contributed by atoms with Gasteiger partial charge in [0.1, 0.15) is 0 Å². The zero-order valence-electron chi connectivity index (χ0n) is 23.0. The second-order valence-electron chi connectivity index (χ2n) is 11.0. The number of aryl methyl sites for hydroxylation is 2. The summed E-state index contributed by atoms with van der Waals surface area (Å²) in [6.07, 6.45) is 24.8. The van der Waals surface area contributed by atoms with Gasteiger partial charge in [-0.3, -0.25) is 0 Å². The van der Waals surface area contributed by atoms with Crippen LogP contribution in [0.5, 0.6) is 0 Å². The van der Waals surface area contributed by atoms with Gasteiger partial charge in [0, 0.05) is 20.2 Å². The van der Waals surface area contributed by atoms with E-state index in [1.807, 2.05) is 22.7 Å². The highest BCUT2D eigenvalue weighted by atomic mass is 32.1. The van der Waals surface area contributed by atoms with Gasteiger partial charge in [0.25, 0.3) is 0 Å². The Labute approximate surface area is 228 Å². The minimum absolute atomic E-state index is 1.24. The minimum atomic E-state index is 1.24. The lowest BCUT2D eigenvalue weighted by Gasteiger charge is -2.03. The van der Waals surface area contributed by atoms with E-state index in [4.69, 9.17) is 0 Å². The van der Waals surface area contributed by atoms with E-state index < -0.39 is 0 Å². The smallest absolute Gasteiger partial charge is 0.0542 e. The summed E-state index contributed by atoms with van der Waals surface area (Å²) < 4.78 is 5.98. The lowest BCUT2D eigenvalue weighted by Crippen LogP contribution is -1.86. The molecule has 0 bridgehead atoms. The molecule has 2 aromatic heterocycles. The fraction of sp³-hybridized carbons (Fsp3) is 0.588. The van der Waals surface area contributed by atoms with Crippen molar-refractivity contribution >= 4 is 52.2 Å². The fourth-order valence-corrected chi connectivity index (χ4v) is 8.36. The molecule has 0 aliphatic rings. The second kappa shape index (κ2) is 15.1. The third-order valence-corrected chi connectivity index (χ3v) is 10.4. The summed E-state index contributed by atoms with van der Waals surface area (Å²) in [4.78, 5) is 0. The first-order valence-electron chi connectivity index (χ1n) is 15.2. The van der Waals surface area contributed by atoms with Gasteiger partial charge >= 0.3 is 0 Å². The number of hydrogen-bond donors (Lipinski definition) is 0. The molecule has 2 aromatic carbocycles. The predicted octanol–water partition coefficient (Wildman–Crippen LogP) is 12.6. The molecule has 0 aliphatic heterocycles. The van der Waals surface area contributed by atoms with Crippen molar-refractivity contribution in [1.29, 1.82) is 0 Å². The summed E-state index contributed by atoms with van der Waals surface area (Å²) in [6, 6.07) is 14.6. The van der Waals surface area contributed by atoms with Gasteiger partial charge in [-0.1, -0.05) is 128 Å². The molecule has 0 spiro atoms. The molecule has 0 aliphatic carbocycles. The zero-order valence-corrected chi connectivity index (χ0v) is 24.6. The Bertz CT molecular complexity index is 1080. The lowest BCUT2D eigenvalue weighted by molar-refractivity contribution is 0.575. The molecule has 0 radical (unpaired) electrons. The summed E-state index contributed by atoms with van der Waals surface area (Å²) in [6.45, 7) is 4.59. The molecule has 0 nitrogen and oxygen atoms in total. The maximum absolute atomic E-state index is 2.48. The molecule has 36 heavy (non-hydrogen) atoms. The Kier molecular flexibility index (Phi) is 11.6. The van der Waals surface area contributed by atoms with Gasteiger partial charge in [-0.25, -0.2) is 0 Å². The highest BCUT2D eigenvalue weighted by Gasteiger charge is 2.13. The van der Waals surface area contributed by atoms with Gasteiger partial charge in [0.2, 0.25) is 0 Å². The highest BCUT2D eigenvalue weighted by Crippen LogP contribution is 2.44. The zero-order chi connectivity index (χ0) is 25.0. The molecule has 2 heterocycles. The largest absolute Gasteiger partial charge is 0.134 e. The molecule has 4 rings (SSSR count). The topological polar surface area (TPSA) is 0 Å². The molecule has 0 fully saturated rings. The Morgan fingerprint density at radius 1 is 0.444 bits per heavy atom. The summed E-state index contributed by atoms with van der Waals surface area (Å²) in [5.74, 6) is 0. The Balaban J connectivity index is 1.28. The van der Waals surface area contributed by atoms with Crippen LogP contribution in [0.1, 0.15) is 128 Å². The van der Waals surface area contributed by atoms with E-state index in [0.29, 0.717) is 0 Å². The molecule has 2 heteroatoms. The van der Waals surface area contributed by atoms with Gasteiger partial charge < -0.3 is 0 Å². The maximum atomic E-state index is 2.48. The monoisotopic (exact) mass is 520 g/mol. The SMILES string of the molecule is CCCCCCCCCCc1ccc2c(c1)sc1c3ccc(CCCCCCCCCC)cc3sc21. The minimum Gasteiger partial charge on any atom is -0.134 e. The molecule has 0 unspecified atom stereocenters. The standard InChI is InChI=1S/C34H48S2/c1-3-5-7-9-11-13-15-17-19-27-21-23-29-31(25-27)35-34-30-24-22-28(26-32(30)36-33(29)34)20-18-16-14-12-10-8-6-4-2/h21-26H,3-20H2,1-2H3. The maximum Gasteiger partial charge on any atom is 0.0542 e. The quantitative estimate of drug-likeness (QED) is 0.114. The Hall–Kier alpha value is -1.38. The number of benzene rings is 2. The number of fused-ring (bicyclic) bond motifs is 5. The van der Waals surface area contributed by atoms with Crippen LogP contribution >= 0.6 is 22.7 Å². The molecule has 196 valence electrons. The Morgan fingerprint density at radius 3 is 1.19 bits per heavy atom. The van der Waals surface area contributed by atoms with Crippen LogP contribution in [-0.2, 0) is 12.8 Å². The number of thiophene rings is 2. The third-order valence-electron chi connectivity index (χ3n) is 7.85. The molecule has 0 atom stereocenters. The van der Waals surface area contributed by atoms with E-state index in [1.54, 1.807) is 0 Å². The number of hydrogen-bond acceptors (Lipinski definition) is 2. The molecule has 0 N–H and O–H groups in total. The van der Waals surface area contributed by atoms with Gasteiger partial charge in [0.05, 0.1) is 9.40 Å². The second-order valence-corrected chi connectivity index (χ2v) is 13.1. The van der Waals surface area contributed by atoms with Gasteiger partial charge in [-0.15, -0.1) is 22.7 Å². The summed E-state index contributed by atoms with van der Waals surface area (Å²) in [5, 5.41) is 2.95. The average Bonchev–Trinajstić information content (AvgIpc) is 3.42. The van der Waals surface area contributed by atoms with Crippen molar-refractivity contribution in [2.75, 3.05) is 0 Å². The first-order chi connectivity index (χ1) is 17.8. The molecule has 0 amide bonds. The van der Waals surface area contributed by atoms with E-state index >= 15 is 0 Å². The van der Waals surface area contributed by atoms with Gasteiger partial charge in [-0.2, -0.15) is 0 Å². The van der Waals surface area contributed by atoms with Crippen molar-refractivity contribution in [2.24, 2.45) is 0 Å².